The molecule has 0 atom stereocenters. The van der Waals surface area contributed by atoms with Gasteiger partial charge in [0, 0.05) is 30.3 Å². The molecule has 4 rings (SSSR count). The van der Waals surface area contributed by atoms with Crippen molar-refractivity contribution in [2.24, 2.45) is 0 Å². The zero-order chi connectivity index (χ0) is 24.1. The van der Waals surface area contributed by atoms with Gasteiger partial charge in [-0.1, -0.05) is 11.6 Å². The number of hydrogen-bond donors (Lipinski definition) is 2. The molecule has 2 N–H and O–H groups in total. The van der Waals surface area contributed by atoms with E-state index < -0.39 is 5.82 Å². The molecule has 34 heavy (non-hydrogen) atoms. The Labute approximate surface area is 201 Å². The number of aromatic nitrogens is 2. The lowest BCUT2D eigenvalue weighted by Crippen LogP contribution is -2.41. The van der Waals surface area contributed by atoms with E-state index in [1.165, 1.54) is 25.6 Å². The molecule has 0 radical (unpaired) electrons. The minimum Gasteiger partial charge on any atom is -0.493 e. The highest BCUT2D eigenvalue weighted by molar-refractivity contribution is 6.31. The second kappa shape index (κ2) is 10.8. The number of nitrogens with zero attached hydrogens (tertiary/aromatic N) is 2. The van der Waals surface area contributed by atoms with E-state index in [9.17, 15) is 9.18 Å². The molecule has 0 unspecified atom stereocenters. The quantitative estimate of drug-likeness (QED) is 0.477. The maximum Gasteiger partial charge on any atom is 0.246 e. The predicted octanol–water partition coefficient (Wildman–Crippen LogP) is 4.63. The molecule has 3 aromatic rings. The van der Waals surface area contributed by atoms with Crippen molar-refractivity contribution in [3.05, 3.63) is 47.5 Å². The summed E-state index contributed by atoms with van der Waals surface area (Å²) in [5.41, 5.74) is 1.26. The monoisotopic (exact) mass is 488 g/mol. The van der Waals surface area contributed by atoms with Crippen molar-refractivity contribution in [3.63, 3.8) is 0 Å². The van der Waals surface area contributed by atoms with Crippen molar-refractivity contribution in [3.8, 4) is 11.5 Å². The fourth-order valence-electron chi connectivity index (χ4n) is 4.03. The van der Waals surface area contributed by atoms with Crippen molar-refractivity contribution in [2.75, 3.05) is 26.1 Å². The van der Waals surface area contributed by atoms with Crippen molar-refractivity contribution in [1.82, 2.24) is 15.3 Å². The number of benzene rings is 2. The van der Waals surface area contributed by atoms with Crippen LogP contribution in [-0.2, 0) is 9.53 Å². The molecule has 0 bridgehead atoms. The summed E-state index contributed by atoms with van der Waals surface area (Å²) >= 11 is 5.91. The average molecular weight is 489 g/mol. The van der Waals surface area contributed by atoms with Gasteiger partial charge >= 0.3 is 0 Å². The Kier molecular flexibility index (Phi) is 7.64. The molecule has 0 aliphatic heterocycles. The third-order valence-corrected chi connectivity index (χ3v) is 6.00. The number of carbonyl (C=O) groups excluding carboxylic acids is 1. The lowest BCUT2D eigenvalue weighted by Gasteiger charge is -2.30. The van der Waals surface area contributed by atoms with Crippen molar-refractivity contribution in [1.29, 1.82) is 0 Å². The molecule has 8 nitrogen and oxygen atoms in total. The maximum absolute atomic E-state index is 13.5. The first-order valence-electron chi connectivity index (χ1n) is 11.0. The molecule has 1 heterocycles. The Morgan fingerprint density at radius 1 is 1.12 bits per heavy atom. The van der Waals surface area contributed by atoms with E-state index in [-0.39, 0.29) is 29.7 Å². The van der Waals surface area contributed by atoms with Crippen LogP contribution in [0.25, 0.3) is 10.9 Å². The average Bonchev–Trinajstić information content (AvgIpc) is 2.83. The summed E-state index contributed by atoms with van der Waals surface area (Å²) in [6, 6.07) is 8.13. The summed E-state index contributed by atoms with van der Waals surface area (Å²) in [6.45, 7) is 0.0628. The fraction of sp³-hybridized carbons (Fsp3) is 0.375. The molecule has 2 aromatic carbocycles. The molecular weight excluding hydrogens is 463 g/mol. The summed E-state index contributed by atoms with van der Waals surface area (Å²) in [5, 5.41) is 6.89. The van der Waals surface area contributed by atoms with Crippen LogP contribution in [-0.4, -0.2) is 48.8 Å². The number of fused-ring (bicyclic) bond motifs is 1. The summed E-state index contributed by atoms with van der Waals surface area (Å²) < 4.78 is 30.3. The second-order valence-electron chi connectivity index (χ2n) is 8.09. The van der Waals surface area contributed by atoms with Crippen molar-refractivity contribution in [2.45, 2.75) is 37.8 Å². The van der Waals surface area contributed by atoms with Gasteiger partial charge in [-0.25, -0.2) is 14.4 Å². The van der Waals surface area contributed by atoms with Gasteiger partial charge in [-0.3, -0.25) is 4.79 Å². The number of methoxy groups -OCH3 is 2. The first kappa shape index (κ1) is 24.0. The fourth-order valence-corrected chi connectivity index (χ4v) is 4.21. The molecule has 0 spiro atoms. The van der Waals surface area contributed by atoms with Gasteiger partial charge in [0.2, 0.25) is 5.91 Å². The van der Waals surface area contributed by atoms with E-state index in [0.717, 1.165) is 31.1 Å². The van der Waals surface area contributed by atoms with Gasteiger partial charge in [0.1, 0.15) is 24.6 Å². The van der Waals surface area contributed by atoms with E-state index in [1.807, 2.05) is 6.07 Å². The highest BCUT2D eigenvalue weighted by Gasteiger charge is 2.25. The topological polar surface area (TPSA) is 94.6 Å². The number of amides is 1. The van der Waals surface area contributed by atoms with Gasteiger partial charge in [0.25, 0.3) is 0 Å². The van der Waals surface area contributed by atoms with Crippen LogP contribution in [0.4, 0.5) is 15.9 Å². The zero-order valence-corrected chi connectivity index (χ0v) is 19.7. The van der Waals surface area contributed by atoms with Gasteiger partial charge < -0.3 is 24.8 Å². The van der Waals surface area contributed by atoms with E-state index >= 15 is 0 Å². The lowest BCUT2D eigenvalue weighted by molar-refractivity contribution is -0.125. The van der Waals surface area contributed by atoms with Crippen LogP contribution in [0, 0.1) is 5.82 Å². The lowest BCUT2D eigenvalue weighted by atomic mass is 9.93. The minimum absolute atomic E-state index is 0.0149. The molecule has 10 heteroatoms. The molecule has 0 saturated heterocycles. The maximum atomic E-state index is 13.5. The van der Waals surface area contributed by atoms with Gasteiger partial charge in [0.05, 0.1) is 23.8 Å². The minimum atomic E-state index is -0.492. The SMILES string of the molecule is COCC(=O)N[C@H]1CC[C@@H](Oc2cc3c(Nc4ccc(F)c(Cl)c4)ncnc3cc2OC)CC1. The number of carbonyl (C=O) groups is 1. The van der Waals surface area contributed by atoms with Crippen LogP contribution >= 0.6 is 11.6 Å². The van der Waals surface area contributed by atoms with Crippen LogP contribution < -0.4 is 20.1 Å². The van der Waals surface area contributed by atoms with Crippen LogP contribution in [0.15, 0.2) is 36.7 Å². The van der Waals surface area contributed by atoms with E-state index in [2.05, 4.69) is 20.6 Å². The first-order valence-corrected chi connectivity index (χ1v) is 11.3. The third kappa shape index (κ3) is 5.66. The van der Waals surface area contributed by atoms with Gasteiger partial charge in [-0.2, -0.15) is 0 Å². The van der Waals surface area contributed by atoms with Crippen LogP contribution in [0.2, 0.25) is 5.02 Å². The second-order valence-corrected chi connectivity index (χ2v) is 8.50. The van der Waals surface area contributed by atoms with Crippen molar-refractivity contribution < 1.29 is 23.4 Å². The Bertz CT molecular complexity index is 1170. The van der Waals surface area contributed by atoms with Gasteiger partial charge in [-0.05, 0) is 49.9 Å². The number of ether oxygens (including phenoxy) is 3. The van der Waals surface area contributed by atoms with Crippen molar-refractivity contribution >= 4 is 39.9 Å². The van der Waals surface area contributed by atoms with Crippen LogP contribution in [0.3, 0.4) is 0 Å². The number of rotatable bonds is 8. The molecule has 1 fully saturated rings. The van der Waals surface area contributed by atoms with Crippen LogP contribution in [0.1, 0.15) is 25.7 Å². The van der Waals surface area contributed by atoms with E-state index in [0.29, 0.717) is 28.5 Å². The summed E-state index contributed by atoms with van der Waals surface area (Å²) in [4.78, 5) is 20.4. The number of halogens is 2. The summed E-state index contributed by atoms with van der Waals surface area (Å²) in [5.74, 6) is 1.08. The first-order chi connectivity index (χ1) is 16.5. The predicted molar refractivity (Wildman–Crippen MR) is 127 cm³/mol. The third-order valence-electron chi connectivity index (χ3n) is 5.71. The van der Waals surface area contributed by atoms with Gasteiger partial charge in [-0.15, -0.1) is 0 Å². The Hall–Kier alpha value is -3.17. The van der Waals surface area contributed by atoms with Crippen LogP contribution in [0.5, 0.6) is 11.5 Å². The molecule has 1 aliphatic carbocycles. The highest BCUT2D eigenvalue weighted by atomic mass is 35.5. The smallest absolute Gasteiger partial charge is 0.246 e. The molecule has 1 saturated carbocycles. The van der Waals surface area contributed by atoms with E-state index in [4.69, 9.17) is 25.8 Å². The normalized spacial score (nSPS) is 17.9. The molecule has 180 valence electrons. The highest BCUT2D eigenvalue weighted by Crippen LogP contribution is 2.37. The number of nitrogens with one attached hydrogen (secondary N) is 2. The zero-order valence-electron chi connectivity index (χ0n) is 18.9. The van der Waals surface area contributed by atoms with Gasteiger partial charge in [0.15, 0.2) is 11.5 Å². The Morgan fingerprint density at radius 3 is 2.62 bits per heavy atom. The summed E-state index contributed by atoms with van der Waals surface area (Å²) in [6.07, 6.45) is 4.65. The molecule has 1 aliphatic rings. The molecular formula is C24H26ClFN4O4. The molecule has 1 aromatic heterocycles. The summed E-state index contributed by atoms with van der Waals surface area (Å²) in [7, 11) is 3.08. The number of anilines is 2. The Morgan fingerprint density at radius 2 is 1.91 bits per heavy atom. The number of hydrogen-bond acceptors (Lipinski definition) is 7. The standard InChI is InChI=1S/C24H26ClFN4O4/c1-32-12-23(31)29-14-3-6-16(7-4-14)34-22-10-17-20(11-21(22)33-2)27-13-28-24(17)30-15-5-8-19(26)18(25)9-15/h5,8-11,13-14,16H,3-4,6-7,12H2,1-2H3,(H,29,31)(H,27,28,30)/t14-,16+. The largest absolute Gasteiger partial charge is 0.493 e. The Balaban J connectivity index is 1.52. The molecule has 1 amide bonds. The van der Waals surface area contributed by atoms with E-state index in [1.54, 1.807) is 19.2 Å².